The number of para-hydroxylation sites is 1. The van der Waals surface area contributed by atoms with Crippen molar-refractivity contribution in [3.63, 3.8) is 0 Å². The molecule has 0 aliphatic heterocycles. The Morgan fingerprint density at radius 2 is 1.78 bits per heavy atom. The summed E-state index contributed by atoms with van der Waals surface area (Å²) in [6.45, 7) is 1.98. The summed E-state index contributed by atoms with van der Waals surface area (Å²) in [4.78, 5) is 15.9. The minimum absolute atomic E-state index is 0.314. The topological polar surface area (TPSA) is 66.5 Å². The third-order valence-electron chi connectivity index (χ3n) is 4.62. The van der Waals surface area contributed by atoms with E-state index in [-0.39, 0.29) is 5.91 Å². The third kappa shape index (κ3) is 3.15. The first kappa shape index (κ1) is 16.8. The lowest BCUT2D eigenvalue weighted by Crippen LogP contribution is -2.18. The van der Waals surface area contributed by atoms with Crippen LogP contribution in [0.1, 0.15) is 21.6 Å². The average Bonchev–Trinajstić information content (AvgIpc) is 3.02. The van der Waals surface area contributed by atoms with Crippen molar-refractivity contribution in [2.45, 2.75) is 6.92 Å². The average molecular weight is 357 g/mol. The van der Waals surface area contributed by atoms with Gasteiger partial charge in [0.1, 0.15) is 5.75 Å². The number of nitrogens with one attached hydrogen (secondary N) is 2. The smallest absolute Gasteiger partial charge is 0.275 e. The molecule has 1 heterocycles. The molecule has 0 atom stereocenters. The van der Waals surface area contributed by atoms with E-state index >= 15 is 0 Å². The minimum Gasteiger partial charge on any atom is -0.496 e. The van der Waals surface area contributed by atoms with E-state index in [1.54, 1.807) is 13.3 Å². The maximum atomic E-state index is 12.6. The fourth-order valence-corrected chi connectivity index (χ4v) is 3.25. The number of amides is 1. The van der Waals surface area contributed by atoms with Gasteiger partial charge < -0.3 is 9.72 Å². The number of H-pyrrole nitrogens is 1. The molecule has 3 aromatic carbocycles. The Labute approximate surface area is 156 Å². The fourth-order valence-electron chi connectivity index (χ4n) is 3.25. The van der Waals surface area contributed by atoms with E-state index in [4.69, 9.17) is 4.74 Å². The normalized spacial score (nSPS) is 11.3. The van der Waals surface area contributed by atoms with Gasteiger partial charge in [-0.05, 0) is 35.9 Å². The molecule has 5 heteroatoms. The van der Waals surface area contributed by atoms with Crippen molar-refractivity contribution in [3.8, 4) is 5.75 Å². The van der Waals surface area contributed by atoms with E-state index in [0.717, 1.165) is 32.9 Å². The first-order valence-corrected chi connectivity index (χ1v) is 8.65. The van der Waals surface area contributed by atoms with Crippen molar-refractivity contribution in [2.75, 3.05) is 7.11 Å². The molecule has 0 aliphatic rings. The van der Waals surface area contributed by atoms with Gasteiger partial charge in [-0.3, -0.25) is 4.79 Å². The predicted octanol–water partition coefficient (Wildman–Crippen LogP) is 4.40. The summed E-state index contributed by atoms with van der Waals surface area (Å²) in [7, 11) is 1.56. The number of aromatic nitrogens is 1. The Morgan fingerprint density at radius 3 is 2.56 bits per heavy atom. The van der Waals surface area contributed by atoms with Crippen LogP contribution in [-0.4, -0.2) is 24.2 Å². The van der Waals surface area contributed by atoms with E-state index in [2.05, 4.69) is 15.5 Å². The molecule has 1 amide bonds. The number of benzene rings is 3. The van der Waals surface area contributed by atoms with E-state index in [1.165, 1.54) is 0 Å². The molecule has 4 rings (SSSR count). The van der Waals surface area contributed by atoms with Gasteiger partial charge in [0.15, 0.2) is 0 Å². The van der Waals surface area contributed by atoms with Gasteiger partial charge >= 0.3 is 0 Å². The van der Waals surface area contributed by atoms with Crippen LogP contribution in [0.2, 0.25) is 0 Å². The van der Waals surface area contributed by atoms with Crippen LogP contribution in [0.4, 0.5) is 0 Å². The van der Waals surface area contributed by atoms with Gasteiger partial charge in [-0.2, -0.15) is 5.10 Å². The molecule has 0 unspecified atom stereocenters. The molecule has 0 saturated heterocycles. The highest BCUT2D eigenvalue weighted by Gasteiger charge is 2.13. The summed E-state index contributed by atoms with van der Waals surface area (Å²) in [6.07, 6.45) is 1.67. The second-order valence-electron chi connectivity index (χ2n) is 6.31. The Bertz CT molecular complexity index is 1170. The Balaban J connectivity index is 1.61. The Hall–Kier alpha value is -3.60. The molecule has 4 aromatic rings. The maximum Gasteiger partial charge on any atom is 0.275 e. The zero-order valence-electron chi connectivity index (χ0n) is 15.1. The third-order valence-corrected chi connectivity index (χ3v) is 4.62. The summed E-state index contributed by atoms with van der Waals surface area (Å²) < 4.78 is 5.39. The Kier molecular flexibility index (Phi) is 4.34. The number of methoxy groups -OCH3 is 1. The molecule has 1 aromatic heterocycles. The van der Waals surface area contributed by atoms with E-state index in [1.807, 2.05) is 67.6 Å². The van der Waals surface area contributed by atoms with Crippen LogP contribution in [0.25, 0.3) is 21.7 Å². The number of hydrogen-bond acceptors (Lipinski definition) is 3. The van der Waals surface area contributed by atoms with Crippen LogP contribution in [0.3, 0.4) is 0 Å². The number of aryl methyl sites for hydroxylation is 1. The van der Waals surface area contributed by atoms with Crippen LogP contribution >= 0.6 is 0 Å². The second kappa shape index (κ2) is 6.96. The first-order valence-electron chi connectivity index (χ1n) is 8.65. The van der Waals surface area contributed by atoms with Gasteiger partial charge in [0.2, 0.25) is 0 Å². The second-order valence-corrected chi connectivity index (χ2v) is 6.31. The SMILES string of the molecule is COc1cc2ccccc2cc1C(=O)N/N=C/c1c(C)[nH]c2ccccc12. The van der Waals surface area contributed by atoms with Crippen molar-refractivity contribution in [3.05, 3.63) is 77.5 Å². The zero-order chi connectivity index (χ0) is 18.8. The van der Waals surface area contributed by atoms with Crippen LogP contribution < -0.4 is 10.2 Å². The number of hydrogen-bond donors (Lipinski definition) is 2. The highest BCUT2D eigenvalue weighted by Crippen LogP contribution is 2.26. The predicted molar refractivity (Wildman–Crippen MR) is 109 cm³/mol. The number of ether oxygens (including phenoxy) is 1. The maximum absolute atomic E-state index is 12.6. The van der Waals surface area contributed by atoms with E-state index < -0.39 is 0 Å². The van der Waals surface area contributed by atoms with Gasteiger partial charge in [0.25, 0.3) is 5.91 Å². The molecule has 0 bridgehead atoms. The number of carbonyl (C=O) groups is 1. The van der Waals surface area contributed by atoms with E-state index in [9.17, 15) is 4.79 Å². The van der Waals surface area contributed by atoms with Crippen molar-refractivity contribution in [1.29, 1.82) is 0 Å². The summed E-state index contributed by atoms with van der Waals surface area (Å²) in [5, 5.41) is 7.21. The van der Waals surface area contributed by atoms with Gasteiger partial charge in [-0.1, -0.05) is 42.5 Å². The highest BCUT2D eigenvalue weighted by atomic mass is 16.5. The van der Waals surface area contributed by atoms with Crippen molar-refractivity contribution in [1.82, 2.24) is 10.4 Å². The van der Waals surface area contributed by atoms with Gasteiger partial charge in [0, 0.05) is 22.2 Å². The molecule has 0 saturated carbocycles. The highest BCUT2D eigenvalue weighted by molar-refractivity contribution is 6.03. The molecule has 0 fully saturated rings. The van der Waals surface area contributed by atoms with Crippen LogP contribution in [-0.2, 0) is 0 Å². The fraction of sp³-hybridized carbons (Fsp3) is 0.0909. The number of hydrazone groups is 1. The van der Waals surface area contributed by atoms with E-state index in [0.29, 0.717) is 11.3 Å². The molecule has 0 aliphatic carbocycles. The molecule has 0 radical (unpaired) electrons. The largest absolute Gasteiger partial charge is 0.496 e. The zero-order valence-corrected chi connectivity index (χ0v) is 15.1. The molecule has 5 nitrogen and oxygen atoms in total. The van der Waals surface area contributed by atoms with Crippen LogP contribution in [0.15, 0.2) is 65.8 Å². The van der Waals surface area contributed by atoms with Crippen molar-refractivity contribution >= 4 is 33.8 Å². The first-order chi connectivity index (χ1) is 13.2. The molecular weight excluding hydrogens is 338 g/mol. The van der Waals surface area contributed by atoms with Crippen LogP contribution in [0.5, 0.6) is 5.75 Å². The van der Waals surface area contributed by atoms with Gasteiger partial charge in [0.05, 0.1) is 18.9 Å². The summed E-state index contributed by atoms with van der Waals surface area (Å²) >= 11 is 0. The monoisotopic (exact) mass is 357 g/mol. The summed E-state index contributed by atoms with van der Waals surface area (Å²) in [6, 6.07) is 19.5. The summed E-state index contributed by atoms with van der Waals surface area (Å²) in [5.74, 6) is 0.205. The minimum atomic E-state index is -0.314. The lowest BCUT2D eigenvalue weighted by atomic mass is 10.1. The number of rotatable bonds is 4. The lowest BCUT2D eigenvalue weighted by molar-refractivity contribution is 0.0952. The number of nitrogens with zero attached hydrogens (tertiary/aromatic N) is 1. The van der Waals surface area contributed by atoms with Gasteiger partial charge in [-0.25, -0.2) is 5.43 Å². The number of carbonyl (C=O) groups excluding carboxylic acids is 1. The summed E-state index contributed by atoms with van der Waals surface area (Å²) in [5.41, 5.74) is 6.05. The number of aromatic amines is 1. The molecule has 0 spiro atoms. The van der Waals surface area contributed by atoms with Crippen LogP contribution in [0, 0.1) is 6.92 Å². The molecule has 27 heavy (non-hydrogen) atoms. The van der Waals surface area contributed by atoms with Crippen molar-refractivity contribution in [2.24, 2.45) is 5.10 Å². The van der Waals surface area contributed by atoms with Crippen molar-refractivity contribution < 1.29 is 9.53 Å². The molecular formula is C22H19N3O2. The molecule has 2 N–H and O–H groups in total. The Morgan fingerprint density at radius 1 is 1.07 bits per heavy atom. The quantitative estimate of drug-likeness (QED) is 0.420. The standard InChI is InChI=1S/C22H19N3O2/c1-14-19(17-9-5-6-10-20(17)24-14)13-23-25-22(26)18-11-15-7-3-4-8-16(15)12-21(18)27-2/h3-13,24H,1-2H3,(H,25,26)/b23-13+. The van der Waals surface area contributed by atoms with Gasteiger partial charge in [-0.15, -0.1) is 0 Å². The number of fused-ring (bicyclic) bond motifs is 2. The molecule has 134 valence electrons. The lowest BCUT2D eigenvalue weighted by Gasteiger charge is -2.09.